The number of aliphatic hydroxyl groups is 1. The van der Waals surface area contributed by atoms with E-state index in [-0.39, 0.29) is 31.4 Å². The van der Waals surface area contributed by atoms with Gasteiger partial charge in [-0.2, -0.15) is 0 Å². The molecule has 28 heavy (non-hydrogen) atoms. The van der Waals surface area contributed by atoms with Gasteiger partial charge >= 0.3 is 0 Å². The standard InChI is InChI=1S/C21H27N3O4/c1-16-7-5-6-10-19(16)28-15-18(25)13-22-12-11-20(26)23-14-21(27)24-17-8-3-2-4-9-17/h2-10,18,22,25H,11-15H2,1H3,(H,23,26)(H,24,27). The highest BCUT2D eigenvalue weighted by Gasteiger charge is 2.08. The van der Waals surface area contributed by atoms with Gasteiger partial charge in [0.05, 0.1) is 6.54 Å². The number of aliphatic hydroxyl groups excluding tert-OH is 1. The molecule has 1 unspecified atom stereocenters. The van der Waals surface area contributed by atoms with Crippen LogP contribution in [0.25, 0.3) is 0 Å². The fourth-order valence-electron chi connectivity index (χ4n) is 2.43. The molecule has 2 aromatic carbocycles. The van der Waals surface area contributed by atoms with Crippen LogP contribution in [0.15, 0.2) is 54.6 Å². The van der Waals surface area contributed by atoms with Gasteiger partial charge in [0.2, 0.25) is 11.8 Å². The summed E-state index contributed by atoms with van der Waals surface area (Å²) in [5.74, 6) is 0.229. The predicted octanol–water partition coefficient (Wildman–Crippen LogP) is 1.47. The Morgan fingerprint density at radius 1 is 1.04 bits per heavy atom. The molecule has 0 aliphatic rings. The quantitative estimate of drug-likeness (QED) is 0.439. The van der Waals surface area contributed by atoms with E-state index >= 15 is 0 Å². The van der Waals surface area contributed by atoms with Crippen LogP contribution in [0.1, 0.15) is 12.0 Å². The smallest absolute Gasteiger partial charge is 0.243 e. The minimum atomic E-state index is -0.681. The van der Waals surface area contributed by atoms with Crippen molar-refractivity contribution in [2.75, 3.05) is 31.6 Å². The number of amides is 2. The number of aryl methyl sites for hydroxylation is 1. The Morgan fingerprint density at radius 3 is 2.50 bits per heavy atom. The molecule has 0 aliphatic carbocycles. The minimum absolute atomic E-state index is 0.0827. The van der Waals surface area contributed by atoms with Crippen molar-refractivity contribution in [1.29, 1.82) is 0 Å². The van der Waals surface area contributed by atoms with Crippen molar-refractivity contribution in [3.05, 3.63) is 60.2 Å². The number of hydrogen-bond acceptors (Lipinski definition) is 5. The third kappa shape index (κ3) is 8.20. The average Bonchev–Trinajstić information content (AvgIpc) is 2.70. The Balaban J connectivity index is 1.53. The van der Waals surface area contributed by atoms with E-state index in [1.165, 1.54) is 0 Å². The van der Waals surface area contributed by atoms with Crippen LogP contribution >= 0.6 is 0 Å². The van der Waals surface area contributed by atoms with Crippen LogP contribution in [0.3, 0.4) is 0 Å². The molecule has 0 saturated heterocycles. The maximum atomic E-state index is 11.8. The summed E-state index contributed by atoms with van der Waals surface area (Å²) < 4.78 is 5.58. The monoisotopic (exact) mass is 385 g/mol. The molecule has 2 rings (SSSR count). The van der Waals surface area contributed by atoms with Gasteiger partial charge in [0.1, 0.15) is 18.5 Å². The van der Waals surface area contributed by atoms with Crippen LogP contribution < -0.4 is 20.7 Å². The van der Waals surface area contributed by atoms with Crippen LogP contribution in [0, 0.1) is 6.92 Å². The zero-order valence-electron chi connectivity index (χ0n) is 16.0. The second-order valence-corrected chi connectivity index (χ2v) is 6.38. The number of rotatable bonds is 11. The average molecular weight is 385 g/mol. The molecule has 0 bridgehead atoms. The van der Waals surface area contributed by atoms with Crippen molar-refractivity contribution in [2.24, 2.45) is 0 Å². The largest absolute Gasteiger partial charge is 0.491 e. The molecule has 7 heteroatoms. The van der Waals surface area contributed by atoms with Crippen LogP contribution in [0.5, 0.6) is 5.75 Å². The molecule has 2 amide bonds. The Morgan fingerprint density at radius 2 is 1.75 bits per heavy atom. The first-order valence-corrected chi connectivity index (χ1v) is 9.23. The van der Waals surface area contributed by atoms with Crippen molar-refractivity contribution in [2.45, 2.75) is 19.4 Å². The normalized spacial score (nSPS) is 11.5. The summed E-state index contributed by atoms with van der Waals surface area (Å²) in [5, 5.41) is 18.2. The topological polar surface area (TPSA) is 99.7 Å². The number of benzene rings is 2. The maximum absolute atomic E-state index is 11.8. The van der Waals surface area contributed by atoms with Crippen LogP contribution in [0.2, 0.25) is 0 Å². The summed E-state index contributed by atoms with van der Waals surface area (Å²) in [6, 6.07) is 16.7. The van der Waals surface area contributed by atoms with Gasteiger partial charge in [-0.05, 0) is 30.7 Å². The third-order valence-electron chi connectivity index (χ3n) is 3.94. The first-order chi connectivity index (χ1) is 13.5. The zero-order valence-corrected chi connectivity index (χ0v) is 16.0. The van der Waals surface area contributed by atoms with Gasteiger partial charge in [-0.3, -0.25) is 9.59 Å². The summed E-state index contributed by atoms with van der Waals surface area (Å²) in [6.45, 7) is 2.74. The summed E-state index contributed by atoms with van der Waals surface area (Å²) in [6.07, 6.45) is -0.469. The second-order valence-electron chi connectivity index (χ2n) is 6.38. The SMILES string of the molecule is Cc1ccccc1OCC(O)CNCCC(=O)NCC(=O)Nc1ccccc1. The lowest BCUT2D eigenvalue weighted by Gasteiger charge is -2.14. The molecule has 4 N–H and O–H groups in total. The van der Waals surface area contributed by atoms with E-state index in [1.807, 2.05) is 49.4 Å². The zero-order chi connectivity index (χ0) is 20.2. The van der Waals surface area contributed by atoms with Gasteiger partial charge in [-0.1, -0.05) is 36.4 Å². The van der Waals surface area contributed by atoms with E-state index in [9.17, 15) is 14.7 Å². The van der Waals surface area contributed by atoms with E-state index in [1.54, 1.807) is 12.1 Å². The molecule has 0 radical (unpaired) electrons. The number of nitrogens with one attached hydrogen (secondary N) is 3. The third-order valence-corrected chi connectivity index (χ3v) is 3.94. The Labute approximate surface area is 165 Å². The number of carbonyl (C=O) groups is 2. The summed E-state index contributed by atoms with van der Waals surface area (Å²) in [7, 11) is 0. The van der Waals surface area contributed by atoms with E-state index < -0.39 is 6.10 Å². The second kappa shape index (κ2) is 11.7. The Kier molecular flexibility index (Phi) is 8.97. The maximum Gasteiger partial charge on any atom is 0.243 e. The van der Waals surface area contributed by atoms with Gasteiger partial charge < -0.3 is 25.8 Å². The van der Waals surface area contributed by atoms with E-state index in [0.29, 0.717) is 18.8 Å². The molecule has 0 spiro atoms. The highest BCUT2D eigenvalue weighted by atomic mass is 16.5. The van der Waals surface area contributed by atoms with Gasteiger partial charge in [0.25, 0.3) is 0 Å². The van der Waals surface area contributed by atoms with Crippen LogP contribution in [-0.2, 0) is 9.59 Å². The summed E-state index contributed by atoms with van der Waals surface area (Å²) in [4.78, 5) is 23.5. The highest BCUT2D eigenvalue weighted by Crippen LogP contribution is 2.16. The molecule has 1 atom stereocenters. The molecule has 0 aromatic heterocycles. The van der Waals surface area contributed by atoms with Crippen molar-refractivity contribution < 1.29 is 19.4 Å². The molecule has 0 saturated carbocycles. The molecule has 0 fully saturated rings. The number of ether oxygens (including phenoxy) is 1. The van der Waals surface area contributed by atoms with E-state index in [2.05, 4.69) is 16.0 Å². The van der Waals surface area contributed by atoms with Crippen LogP contribution in [0.4, 0.5) is 5.69 Å². The minimum Gasteiger partial charge on any atom is -0.491 e. The van der Waals surface area contributed by atoms with Crippen molar-refractivity contribution in [3.63, 3.8) is 0 Å². The lowest BCUT2D eigenvalue weighted by molar-refractivity contribution is -0.124. The fraction of sp³-hybridized carbons (Fsp3) is 0.333. The highest BCUT2D eigenvalue weighted by molar-refractivity contribution is 5.94. The van der Waals surface area contributed by atoms with Gasteiger partial charge in [-0.15, -0.1) is 0 Å². The van der Waals surface area contributed by atoms with Gasteiger partial charge in [0.15, 0.2) is 0 Å². The predicted molar refractivity (Wildman–Crippen MR) is 108 cm³/mol. The summed E-state index contributed by atoms with van der Waals surface area (Å²) >= 11 is 0. The number of para-hydroxylation sites is 2. The van der Waals surface area contributed by atoms with Crippen molar-refractivity contribution in [1.82, 2.24) is 10.6 Å². The molecule has 2 aromatic rings. The molecule has 0 aliphatic heterocycles. The fourth-order valence-corrected chi connectivity index (χ4v) is 2.43. The number of anilines is 1. The summed E-state index contributed by atoms with van der Waals surface area (Å²) in [5.41, 5.74) is 1.70. The lowest BCUT2D eigenvalue weighted by Crippen LogP contribution is -2.36. The van der Waals surface area contributed by atoms with Crippen molar-refractivity contribution >= 4 is 17.5 Å². The Bertz CT molecular complexity index is 752. The number of hydrogen-bond donors (Lipinski definition) is 4. The van der Waals surface area contributed by atoms with Gasteiger partial charge in [-0.25, -0.2) is 0 Å². The first-order valence-electron chi connectivity index (χ1n) is 9.23. The molecular weight excluding hydrogens is 358 g/mol. The van der Waals surface area contributed by atoms with Crippen molar-refractivity contribution in [3.8, 4) is 5.75 Å². The van der Waals surface area contributed by atoms with Gasteiger partial charge in [0, 0.05) is 25.2 Å². The first kappa shape index (κ1) is 21.4. The molecular formula is C21H27N3O4. The van der Waals surface area contributed by atoms with E-state index in [4.69, 9.17) is 4.74 Å². The molecule has 150 valence electrons. The van der Waals surface area contributed by atoms with Crippen LogP contribution in [-0.4, -0.2) is 49.3 Å². The lowest BCUT2D eigenvalue weighted by atomic mass is 10.2. The Hall–Kier alpha value is -2.90. The van der Waals surface area contributed by atoms with E-state index in [0.717, 1.165) is 11.3 Å². The molecule has 0 heterocycles. The number of carbonyl (C=O) groups excluding carboxylic acids is 2. The molecule has 7 nitrogen and oxygen atoms in total.